The number of sulfonamides is 1. The highest BCUT2D eigenvalue weighted by atomic mass is 32.2. The molecule has 13 nitrogen and oxygen atoms in total. The average molecular weight is 386 g/mol. The number of ether oxygens (including phenoxy) is 2. The quantitative estimate of drug-likeness (QED) is 0.486. The third-order valence-electron chi connectivity index (χ3n) is 2.85. The standard InChI is InChI=1S/C12H14N6O7S/c1-24-8-3-9(25-2)15-11(14-8)16-12(21)18-26(22,23)5-7-6(10(19)20)4-13-17-7/h3-4H,5H2,1-2H3,(H,13,17)(H,19,20)(H2,14,15,16,18,21). The first kappa shape index (κ1) is 18.9. The molecule has 0 aliphatic carbocycles. The van der Waals surface area contributed by atoms with E-state index in [-0.39, 0.29) is 29.0 Å². The van der Waals surface area contributed by atoms with Crippen molar-refractivity contribution in [2.75, 3.05) is 19.5 Å². The minimum atomic E-state index is -4.23. The molecule has 0 radical (unpaired) electrons. The van der Waals surface area contributed by atoms with Crippen LogP contribution in [-0.4, -0.2) is 59.9 Å². The van der Waals surface area contributed by atoms with E-state index in [4.69, 9.17) is 14.6 Å². The van der Waals surface area contributed by atoms with Crippen LogP contribution in [0.4, 0.5) is 10.7 Å². The van der Waals surface area contributed by atoms with E-state index in [1.165, 1.54) is 20.3 Å². The highest BCUT2D eigenvalue weighted by molar-refractivity contribution is 7.89. The number of H-pyrrole nitrogens is 1. The van der Waals surface area contributed by atoms with E-state index in [1.807, 2.05) is 0 Å². The maximum Gasteiger partial charge on any atom is 0.339 e. The van der Waals surface area contributed by atoms with Gasteiger partial charge in [0.25, 0.3) is 0 Å². The second-order valence-electron chi connectivity index (χ2n) is 4.66. The van der Waals surface area contributed by atoms with Crippen LogP contribution >= 0.6 is 0 Å². The third-order valence-corrected chi connectivity index (χ3v) is 4.02. The van der Waals surface area contributed by atoms with Gasteiger partial charge in [0, 0.05) is 0 Å². The van der Waals surface area contributed by atoms with Gasteiger partial charge in [-0.15, -0.1) is 0 Å². The van der Waals surface area contributed by atoms with E-state index in [0.717, 1.165) is 6.20 Å². The molecule has 0 aromatic carbocycles. The maximum absolute atomic E-state index is 12.0. The van der Waals surface area contributed by atoms with Gasteiger partial charge in [-0.1, -0.05) is 0 Å². The largest absolute Gasteiger partial charge is 0.481 e. The molecule has 0 bridgehead atoms. The number of nitrogens with one attached hydrogen (secondary N) is 3. The Balaban J connectivity index is 2.09. The Morgan fingerprint density at radius 3 is 2.38 bits per heavy atom. The minimum Gasteiger partial charge on any atom is -0.481 e. The summed E-state index contributed by atoms with van der Waals surface area (Å²) < 4.78 is 35.5. The second-order valence-corrected chi connectivity index (χ2v) is 6.38. The predicted octanol–water partition coefficient (Wildman–Crippen LogP) is -0.433. The number of anilines is 1. The van der Waals surface area contributed by atoms with Crippen LogP contribution in [0.3, 0.4) is 0 Å². The summed E-state index contributed by atoms with van der Waals surface area (Å²) in [5, 5.41) is 16.8. The van der Waals surface area contributed by atoms with Crippen molar-refractivity contribution >= 4 is 28.0 Å². The van der Waals surface area contributed by atoms with E-state index in [9.17, 15) is 18.0 Å². The molecule has 2 amide bonds. The van der Waals surface area contributed by atoms with Gasteiger partial charge in [-0.2, -0.15) is 15.1 Å². The molecule has 14 heteroatoms. The van der Waals surface area contributed by atoms with Crippen molar-refractivity contribution in [3.8, 4) is 11.8 Å². The summed E-state index contributed by atoms with van der Waals surface area (Å²) in [6.07, 6.45) is 0.962. The number of aromatic amines is 1. The minimum absolute atomic E-state index is 0.0820. The molecule has 2 heterocycles. The van der Waals surface area contributed by atoms with Crippen LogP contribution in [0.1, 0.15) is 16.1 Å². The van der Waals surface area contributed by atoms with Gasteiger partial charge in [0.1, 0.15) is 11.3 Å². The molecular formula is C12H14N6O7S. The average Bonchev–Trinajstić information content (AvgIpc) is 3.01. The van der Waals surface area contributed by atoms with Gasteiger partial charge in [-0.3, -0.25) is 10.4 Å². The molecule has 0 spiro atoms. The SMILES string of the molecule is COc1cc(OC)nc(NC(=O)NS(=O)(=O)Cc2[nH]ncc2C(=O)O)n1. The van der Waals surface area contributed by atoms with Crippen molar-refractivity contribution in [1.82, 2.24) is 24.9 Å². The number of urea groups is 1. The van der Waals surface area contributed by atoms with Crippen LogP contribution in [0.25, 0.3) is 0 Å². The number of rotatable bonds is 7. The fourth-order valence-electron chi connectivity index (χ4n) is 1.77. The molecule has 26 heavy (non-hydrogen) atoms. The van der Waals surface area contributed by atoms with Crippen LogP contribution in [0.2, 0.25) is 0 Å². The molecule has 4 N–H and O–H groups in total. The van der Waals surface area contributed by atoms with Crippen molar-refractivity contribution in [1.29, 1.82) is 0 Å². The molecule has 0 unspecified atom stereocenters. The second kappa shape index (κ2) is 7.64. The smallest absolute Gasteiger partial charge is 0.339 e. The topological polar surface area (TPSA) is 185 Å². The van der Waals surface area contributed by atoms with E-state index in [0.29, 0.717) is 0 Å². The molecule has 2 aromatic rings. The van der Waals surface area contributed by atoms with E-state index in [1.54, 1.807) is 4.72 Å². The van der Waals surface area contributed by atoms with Gasteiger partial charge in [0.2, 0.25) is 27.7 Å². The molecule has 0 aliphatic heterocycles. The summed E-state index contributed by atoms with van der Waals surface area (Å²) in [5.74, 6) is -2.26. The van der Waals surface area contributed by atoms with Gasteiger partial charge >= 0.3 is 12.0 Å². The van der Waals surface area contributed by atoms with Crippen molar-refractivity contribution in [3.05, 3.63) is 23.5 Å². The van der Waals surface area contributed by atoms with Crippen LogP contribution < -0.4 is 19.5 Å². The fraction of sp³-hybridized carbons (Fsp3) is 0.250. The summed E-state index contributed by atoms with van der Waals surface area (Å²) in [5.41, 5.74) is -0.506. The lowest BCUT2D eigenvalue weighted by atomic mass is 10.3. The third kappa shape index (κ3) is 4.79. The summed E-state index contributed by atoms with van der Waals surface area (Å²) >= 11 is 0. The van der Waals surface area contributed by atoms with Gasteiger partial charge in [0.05, 0.1) is 32.2 Å². The first-order chi connectivity index (χ1) is 12.2. The molecule has 140 valence electrons. The molecule has 0 atom stereocenters. The summed E-state index contributed by atoms with van der Waals surface area (Å²) in [6.45, 7) is 0. The Kier molecular flexibility index (Phi) is 5.56. The zero-order valence-electron chi connectivity index (χ0n) is 13.5. The number of hydrogen-bond acceptors (Lipinski definition) is 9. The normalized spacial score (nSPS) is 10.8. The maximum atomic E-state index is 12.0. The number of carbonyl (C=O) groups excluding carboxylic acids is 1. The summed E-state index contributed by atoms with van der Waals surface area (Å²) in [6, 6.07) is 0.197. The van der Waals surface area contributed by atoms with Crippen molar-refractivity contribution in [2.24, 2.45) is 0 Å². The van der Waals surface area contributed by atoms with E-state index >= 15 is 0 Å². The number of carboxylic acids is 1. The lowest BCUT2D eigenvalue weighted by molar-refractivity contribution is 0.0696. The summed E-state index contributed by atoms with van der Waals surface area (Å²) in [7, 11) is -1.56. The molecule has 2 aromatic heterocycles. The van der Waals surface area contributed by atoms with Gasteiger partial charge in [-0.25, -0.2) is 22.7 Å². The number of aromatic nitrogens is 4. The number of amides is 2. The number of methoxy groups -OCH3 is 2. The van der Waals surface area contributed by atoms with Gasteiger partial charge in [0.15, 0.2) is 0 Å². The first-order valence-corrected chi connectivity index (χ1v) is 8.43. The van der Waals surface area contributed by atoms with Crippen molar-refractivity contribution in [3.63, 3.8) is 0 Å². The number of carboxylic acid groups (broad SMARTS) is 1. The van der Waals surface area contributed by atoms with Gasteiger partial charge < -0.3 is 14.6 Å². The highest BCUT2D eigenvalue weighted by Crippen LogP contribution is 2.17. The molecule has 2 rings (SSSR count). The van der Waals surface area contributed by atoms with Crippen LogP contribution in [-0.2, 0) is 15.8 Å². The molecule has 0 aliphatic rings. The molecule has 0 fully saturated rings. The molecule has 0 saturated heterocycles. The zero-order valence-corrected chi connectivity index (χ0v) is 14.3. The fourth-order valence-corrected chi connectivity index (χ4v) is 2.78. The van der Waals surface area contributed by atoms with Crippen molar-refractivity contribution in [2.45, 2.75) is 5.75 Å². The Bertz CT molecular complexity index is 904. The Morgan fingerprint density at radius 1 is 1.23 bits per heavy atom. The Hall–Kier alpha value is -3.42. The van der Waals surface area contributed by atoms with Crippen LogP contribution in [0, 0.1) is 0 Å². The predicted molar refractivity (Wildman–Crippen MR) is 85.5 cm³/mol. The van der Waals surface area contributed by atoms with Crippen LogP contribution in [0.15, 0.2) is 12.3 Å². The summed E-state index contributed by atoms with van der Waals surface area (Å²) in [4.78, 5) is 30.4. The van der Waals surface area contributed by atoms with Crippen LogP contribution in [0.5, 0.6) is 11.8 Å². The Morgan fingerprint density at radius 2 is 1.85 bits per heavy atom. The lowest BCUT2D eigenvalue weighted by Crippen LogP contribution is -2.36. The molecule has 0 saturated carbocycles. The highest BCUT2D eigenvalue weighted by Gasteiger charge is 2.22. The van der Waals surface area contributed by atoms with E-state index < -0.39 is 27.8 Å². The number of hydrogen-bond donors (Lipinski definition) is 4. The monoisotopic (exact) mass is 386 g/mol. The van der Waals surface area contributed by atoms with E-state index in [2.05, 4.69) is 25.5 Å². The lowest BCUT2D eigenvalue weighted by Gasteiger charge is -2.09. The van der Waals surface area contributed by atoms with Gasteiger partial charge in [-0.05, 0) is 0 Å². The van der Waals surface area contributed by atoms with Crippen molar-refractivity contribution < 1.29 is 32.6 Å². The number of aromatic carboxylic acids is 1. The number of nitrogens with zero attached hydrogens (tertiary/aromatic N) is 3. The number of carbonyl (C=O) groups is 2. The molecular weight excluding hydrogens is 372 g/mol. The zero-order chi connectivity index (χ0) is 19.3. The Labute approximate surface area is 146 Å². The first-order valence-electron chi connectivity index (χ1n) is 6.78.